The lowest BCUT2D eigenvalue weighted by Crippen LogP contribution is -2.23. The van der Waals surface area contributed by atoms with Crippen LogP contribution >= 0.6 is 0 Å². The Hall–Kier alpha value is -4.85. The van der Waals surface area contributed by atoms with Crippen molar-refractivity contribution in [2.24, 2.45) is 0 Å². The third kappa shape index (κ3) is 6.05. The van der Waals surface area contributed by atoms with E-state index in [0.29, 0.717) is 16.8 Å². The number of amides is 1. The van der Waals surface area contributed by atoms with E-state index in [1.54, 1.807) is 49.8 Å². The number of hydrogen-bond acceptors (Lipinski definition) is 7. The number of nitrogens with zero attached hydrogens (tertiary/aromatic N) is 2. The van der Waals surface area contributed by atoms with E-state index in [1.807, 2.05) is 62.6 Å². The van der Waals surface area contributed by atoms with Crippen LogP contribution in [0.15, 0.2) is 91.3 Å². The predicted octanol–water partition coefficient (Wildman–Crippen LogP) is 5.44. The summed E-state index contributed by atoms with van der Waals surface area (Å²) in [5.74, 6) is 0.709. The molecule has 1 unspecified atom stereocenters. The number of fused-ring (bicyclic) bond motifs is 1. The Morgan fingerprint density at radius 3 is 2.41 bits per heavy atom. The minimum Gasteiger partial charge on any atom is -0.497 e. The van der Waals surface area contributed by atoms with Gasteiger partial charge in [-0.1, -0.05) is 12.1 Å². The van der Waals surface area contributed by atoms with Gasteiger partial charge in [0.2, 0.25) is 0 Å². The molecular weight excluding hydrogens is 466 g/mol. The van der Waals surface area contributed by atoms with Gasteiger partial charge in [-0.2, -0.15) is 0 Å². The number of aldehydes is 1. The first-order valence-electron chi connectivity index (χ1n) is 11.7. The van der Waals surface area contributed by atoms with Crippen LogP contribution in [-0.4, -0.2) is 38.4 Å². The molecule has 0 saturated carbocycles. The maximum atomic E-state index is 12.4. The van der Waals surface area contributed by atoms with Gasteiger partial charge >= 0.3 is 0 Å². The summed E-state index contributed by atoms with van der Waals surface area (Å²) < 4.78 is 4.99. The SMILES string of the molecule is CN1c2cc(C=O)ccc2NC1c1ccc(C(=O)Nc2cccnc2)cc1.CNc1ccc(OC)cc1. The zero-order valence-electron chi connectivity index (χ0n) is 20.9. The molecular formula is C29H29N5O3. The van der Waals surface area contributed by atoms with Crippen molar-refractivity contribution < 1.29 is 14.3 Å². The largest absolute Gasteiger partial charge is 0.497 e. The van der Waals surface area contributed by atoms with E-state index < -0.39 is 0 Å². The molecule has 1 amide bonds. The van der Waals surface area contributed by atoms with Crippen molar-refractivity contribution in [2.45, 2.75) is 6.17 Å². The van der Waals surface area contributed by atoms with Crippen molar-refractivity contribution in [2.75, 3.05) is 42.1 Å². The zero-order valence-corrected chi connectivity index (χ0v) is 20.9. The molecule has 0 bridgehead atoms. The van der Waals surface area contributed by atoms with E-state index in [0.717, 1.165) is 34.7 Å². The fourth-order valence-electron chi connectivity index (χ4n) is 3.94. The molecule has 1 aromatic heterocycles. The second kappa shape index (κ2) is 11.7. The van der Waals surface area contributed by atoms with Crippen molar-refractivity contribution in [1.29, 1.82) is 0 Å². The highest BCUT2D eigenvalue weighted by atomic mass is 16.5. The lowest BCUT2D eigenvalue weighted by Gasteiger charge is -2.22. The smallest absolute Gasteiger partial charge is 0.255 e. The Kier molecular flexibility index (Phi) is 8.00. The number of pyridine rings is 1. The second-order valence-corrected chi connectivity index (χ2v) is 8.35. The quantitative estimate of drug-likeness (QED) is 0.306. The fourth-order valence-corrected chi connectivity index (χ4v) is 3.94. The summed E-state index contributed by atoms with van der Waals surface area (Å²) >= 11 is 0. The normalized spacial score (nSPS) is 13.4. The van der Waals surface area contributed by atoms with Gasteiger partial charge in [0.25, 0.3) is 5.91 Å². The summed E-state index contributed by atoms with van der Waals surface area (Å²) in [6, 6.07) is 24.4. The summed E-state index contributed by atoms with van der Waals surface area (Å²) in [5.41, 5.74) is 5.95. The minimum absolute atomic E-state index is 0.0580. The number of hydrogen-bond donors (Lipinski definition) is 3. The summed E-state index contributed by atoms with van der Waals surface area (Å²) in [5, 5.41) is 9.29. The highest BCUT2D eigenvalue weighted by molar-refractivity contribution is 6.04. The molecule has 5 rings (SSSR count). The van der Waals surface area contributed by atoms with Crippen molar-refractivity contribution in [3.63, 3.8) is 0 Å². The fraction of sp³-hybridized carbons (Fsp3) is 0.138. The molecule has 1 aliphatic heterocycles. The molecule has 4 aromatic rings. The lowest BCUT2D eigenvalue weighted by atomic mass is 10.1. The van der Waals surface area contributed by atoms with Crippen LogP contribution in [0.3, 0.4) is 0 Å². The molecule has 1 atom stereocenters. The van der Waals surface area contributed by atoms with Gasteiger partial charge in [0.15, 0.2) is 0 Å². The number of anilines is 4. The maximum Gasteiger partial charge on any atom is 0.255 e. The Morgan fingerprint density at radius 2 is 1.78 bits per heavy atom. The van der Waals surface area contributed by atoms with Crippen molar-refractivity contribution in [3.05, 3.63) is 108 Å². The molecule has 188 valence electrons. The first-order valence-corrected chi connectivity index (χ1v) is 11.7. The summed E-state index contributed by atoms with van der Waals surface area (Å²) in [7, 11) is 5.53. The first-order chi connectivity index (χ1) is 18.0. The Morgan fingerprint density at radius 1 is 1.03 bits per heavy atom. The number of ether oxygens (including phenoxy) is 1. The highest BCUT2D eigenvalue weighted by Crippen LogP contribution is 2.40. The maximum absolute atomic E-state index is 12.4. The van der Waals surface area contributed by atoms with E-state index in [2.05, 4.69) is 25.8 Å². The minimum atomic E-state index is -0.179. The average molecular weight is 496 g/mol. The van der Waals surface area contributed by atoms with Gasteiger partial charge in [-0.3, -0.25) is 14.6 Å². The first kappa shape index (κ1) is 25.2. The van der Waals surface area contributed by atoms with Crippen LogP contribution in [0, 0.1) is 0 Å². The van der Waals surface area contributed by atoms with Gasteiger partial charge < -0.3 is 25.6 Å². The van der Waals surface area contributed by atoms with Gasteiger partial charge in [-0.15, -0.1) is 0 Å². The van der Waals surface area contributed by atoms with Gasteiger partial charge in [0.1, 0.15) is 18.2 Å². The van der Waals surface area contributed by atoms with Crippen LogP contribution in [-0.2, 0) is 0 Å². The average Bonchev–Trinajstić information content (AvgIpc) is 3.29. The van der Waals surface area contributed by atoms with Crippen LogP contribution in [0.2, 0.25) is 0 Å². The summed E-state index contributed by atoms with van der Waals surface area (Å²) in [4.78, 5) is 29.4. The van der Waals surface area contributed by atoms with E-state index in [1.165, 1.54) is 0 Å². The number of methoxy groups -OCH3 is 1. The molecule has 37 heavy (non-hydrogen) atoms. The van der Waals surface area contributed by atoms with Gasteiger partial charge in [-0.05, 0) is 72.3 Å². The zero-order chi connectivity index (χ0) is 26.2. The van der Waals surface area contributed by atoms with Crippen LogP contribution in [0.25, 0.3) is 0 Å². The summed E-state index contributed by atoms with van der Waals surface area (Å²) in [6.45, 7) is 0. The van der Waals surface area contributed by atoms with Crippen LogP contribution in [0.5, 0.6) is 5.75 Å². The predicted molar refractivity (Wildman–Crippen MR) is 148 cm³/mol. The number of benzene rings is 3. The van der Waals surface area contributed by atoms with Crippen molar-refractivity contribution in [1.82, 2.24) is 4.98 Å². The number of aromatic nitrogens is 1. The lowest BCUT2D eigenvalue weighted by molar-refractivity contribution is 0.102. The molecule has 1 aliphatic rings. The standard InChI is InChI=1S/C21H18N4O2.C8H11NO/c1-25-19-11-14(13-26)4-9-18(19)24-20(25)15-5-7-16(8-6-15)21(27)23-17-3-2-10-22-12-17;1-9-7-3-5-8(10-2)6-4-7/h2-13,20,24H,1H3,(H,23,27);3-6,9H,1-2H3. The molecule has 3 aromatic carbocycles. The molecule has 0 spiro atoms. The monoisotopic (exact) mass is 495 g/mol. The van der Waals surface area contributed by atoms with Gasteiger partial charge in [0.05, 0.1) is 30.4 Å². The number of carbonyl (C=O) groups excluding carboxylic acids is 2. The van der Waals surface area contributed by atoms with Gasteiger partial charge in [0, 0.05) is 37.1 Å². The molecule has 0 radical (unpaired) electrons. The third-order valence-corrected chi connectivity index (χ3v) is 6.00. The highest BCUT2D eigenvalue weighted by Gasteiger charge is 2.27. The molecule has 8 heteroatoms. The summed E-state index contributed by atoms with van der Waals surface area (Å²) in [6.07, 6.45) is 4.05. The van der Waals surface area contributed by atoms with E-state index in [9.17, 15) is 9.59 Å². The number of carbonyl (C=O) groups is 2. The molecule has 8 nitrogen and oxygen atoms in total. The topological polar surface area (TPSA) is 95.6 Å². The molecule has 0 fully saturated rings. The van der Waals surface area contributed by atoms with Crippen LogP contribution in [0.1, 0.15) is 32.4 Å². The molecule has 0 aliphatic carbocycles. The van der Waals surface area contributed by atoms with Gasteiger partial charge in [-0.25, -0.2) is 0 Å². The Bertz CT molecular complexity index is 1320. The molecule has 3 N–H and O–H groups in total. The Labute approximate surface area is 216 Å². The third-order valence-electron chi connectivity index (χ3n) is 6.00. The van der Waals surface area contributed by atoms with E-state index in [-0.39, 0.29) is 12.1 Å². The number of rotatable bonds is 6. The van der Waals surface area contributed by atoms with E-state index in [4.69, 9.17) is 4.74 Å². The second-order valence-electron chi connectivity index (χ2n) is 8.35. The molecule has 2 heterocycles. The molecule has 0 saturated heterocycles. The van der Waals surface area contributed by atoms with Crippen LogP contribution < -0.4 is 25.6 Å². The van der Waals surface area contributed by atoms with Crippen LogP contribution in [0.4, 0.5) is 22.7 Å². The number of nitrogens with one attached hydrogen (secondary N) is 3. The van der Waals surface area contributed by atoms with E-state index >= 15 is 0 Å². The Balaban J connectivity index is 0.000000270. The van der Waals surface area contributed by atoms with Crippen molar-refractivity contribution in [3.8, 4) is 5.75 Å². The van der Waals surface area contributed by atoms with Crippen molar-refractivity contribution >= 4 is 34.9 Å².